The molecule has 2 aromatic rings. The quantitative estimate of drug-likeness (QED) is 0.858. The van der Waals surface area contributed by atoms with Crippen molar-refractivity contribution >= 4 is 33.5 Å². The maximum Gasteiger partial charge on any atom is 0.336 e. The lowest BCUT2D eigenvalue weighted by molar-refractivity contribution is 0.0695. The van der Waals surface area contributed by atoms with Gasteiger partial charge in [0.15, 0.2) is 0 Å². The Morgan fingerprint density at radius 2 is 1.82 bits per heavy atom. The van der Waals surface area contributed by atoms with Gasteiger partial charge in [-0.15, -0.1) is 0 Å². The van der Waals surface area contributed by atoms with Gasteiger partial charge in [0.1, 0.15) is 5.82 Å². The van der Waals surface area contributed by atoms with Gasteiger partial charge in [0.05, 0.1) is 11.1 Å². The summed E-state index contributed by atoms with van der Waals surface area (Å²) in [5.41, 5.74) is 1.48. The first-order chi connectivity index (χ1) is 10.3. The Hall–Kier alpha value is -2.21. The molecule has 0 fully saturated rings. The zero-order chi connectivity index (χ0) is 16.4. The van der Waals surface area contributed by atoms with Crippen molar-refractivity contribution in [2.24, 2.45) is 0 Å². The van der Waals surface area contributed by atoms with Crippen LogP contribution in [0, 0.1) is 19.7 Å². The second-order valence-electron chi connectivity index (χ2n) is 4.81. The molecule has 0 radical (unpaired) electrons. The van der Waals surface area contributed by atoms with E-state index in [1.807, 2.05) is 0 Å². The van der Waals surface area contributed by atoms with E-state index in [4.69, 9.17) is 5.11 Å². The lowest BCUT2D eigenvalue weighted by Gasteiger charge is -2.14. The van der Waals surface area contributed by atoms with Gasteiger partial charge in [-0.05, 0) is 49.2 Å². The first kappa shape index (κ1) is 16.2. The number of aromatic carboxylic acids is 1. The van der Waals surface area contributed by atoms with Crippen molar-refractivity contribution in [1.29, 1.82) is 0 Å². The minimum absolute atomic E-state index is 0.0932. The van der Waals surface area contributed by atoms with Gasteiger partial charge in [0.25, 0.3) is 5.91 Å². The maximum absolute atomic E-state index is 13.8. The Morgan fingerprint density at radius 1 is 1.14 bits per heavy atom. The van der Waals surface area contributed by atoms with E-state index in [0.717, 1.165) is 0 Å². The number of hydrogen-bond donors (Lipinski definition) is 2. The summed E-state index contributed by atoms with van der Waals surface area (Å²) in [6.07, 6.45) is 0. The van der Waals surface area contributed by atoms with Gasteiger partial charge in [-0.3, -0.25) is 4.79 Å². The largest absolute Gasteiger partial charge is 0.478 e. The molecule has 114 valence electrons. The Kier molecular flexibility index (Phi) is 4.61. The highest BCUT2D eigenvalue weighted by molar-refractivity contribution is 9.10. The molecular weight excluding hydrogens is 353 g/mol. The van der Waals surface area contributed by atoms with Crippen molar-refractivity contribution in [3.05, 3.63) is 62.9 Å². The van der Waals surface area contributed by atoms with E-state index >= 15 is 0 Å². The van der Waals surface area contributed by atoms with Crippen LogP contribution in [-0.2, 0) is 0 Å². The van der Waals surface area contributed by atoms with Crippen LogP contribution >= 0.6 is 15.9 Å². The van der Waals surface area contributed by atoms with Gasteiger partial charge >= 0.3 is 5.97 Å². The normalized spacial score (nSPS) is 10.4. The number of amides is 1. The second kappa shape index (κ2) is 6.27. The molecule has 2 N–H and O–H groups in total. The van der Waals surface area contributed by atoms with Crippen LogP contribution in [0.2, 0.25) is 0 Å². The van der Waals surface area contributed by atoms with Crippen LogP contribution in [0.1, 0.15) is 31.8 Å². The zero-order valence-corrected chi connectivity index (χ0v) is 13.5. The number of nitrogens with one attached hydrogen (secondary N) is 1. The Balaban J connectivity index is 2.42. The molecule has 0 saturated carbocycles. The summed E-state index contributed by atoms with van der Waals surface area (Å²) >= 11 is 3.19. The molecule has 4 nitrogen and oxygen atoms in total. The van der Waals surface area contributed by atoms with E-state index in [1.54, 1.807) is 19.9 Å². The van der Waals surface area contributed by atoms with Gasteiger partial charge in [-0.25, -0.2) is 9.18 Å². The Morgan fingerprint density at radius 3 is 2.45 bits per heavy atom. The van der Waals surface area contributed by atoms with Gasteiger partial charge < -0.3 is 10.4 Å². The minimum Gasteiger partial charge on any atom is -0.478 e. The molecule has 0 aromatic heterocycles. The number of carboxylic acids is 1. The Labute approximate surface area is 135 Å². The number of carbonyl (C=O) groups excluding carboxylic acids is 1. The molecule has 0 aliphatic carbocycles. The standard InChI is InChI=1S/C16H13BrFNO3/c1-8-3-5-11(16(21)22)9(2)14(8)19-15(20)12-7-10(17)4-6-13(12)18/h3-7H,1-2H3,(H,19,20)(H,21,22). The average Bonchev–Trinajstić information content (AvgIpc) is 2.45. The molecule has 22 heavy (non-hydrogen) atoms. The third kappa shape index (κ3) is 3.17. The van der Waals surface area contributed by atoms with E-state index in [0.29, 0.717) is 21.3 Å². The molecule has 0 saturated heterocycles. The zero-order valence-electron chi connectivity index (χ0n) is 11.9. The fourth-order valence-corrected chi connectivity index (χ4v) is 2.48. The summed E-state index contributed by atoms with van der Waals surface area (Å²) in [5.74, 6) is -2.36. The monoisotopic (exact) mass is 365 g/mol. The second-order valence-corrected chi connectivity index (χ2v) is 5.73. The van der Waals surface area contributed by atoms with Crippen LogP contribution in [-0.4, -0.2) is 17.0 Å². The van der Waals surface area contributed by atoms with Crippen LogP contribution < -0.4 is 5.32 Å². The molecule has 6 heteroatoms. The fraction of sp³-hybridized carbons (Fsp3) is 0.125. The van der Waals surface area contributed by atoms with E-state index in [2.05, 4.69) is 21.2 Å². The van der Waals surface area contributed by atoms with E-state index in [1.165, 1.54) is 24.3 Å². The lowest BCUT2D eigenvalue weighted by atomic mass is 10.0. The third-order valence-electron chi connectivity index (χ3n) is 3.32. The average molecular weight is 366 g/mol. The van der Waals surface area contributed by atoms with Crippen LogP contribution in [0.25, 0.3) is 0 Å². The minimum atomic E-state index is -1.08. The predicted octanol–water partition coefficient (Wildman–Crippen LogP) is 4.16. The molecule has 0 atom stereocenters. The van der Waals surface area contributed by atoms with Gasteiger partial charge in [-0.1, -0.05) is 22.0 Å². The van der Waals surface area contributed by atoms with Crippen molar-refractivity contribution in [3.63, 3.8) is 0 Å². The van der Waals surface area contributed by atoms with Crippen LogP contribution in [0.3, 0.4) is 0 Å². The highest BCUT2D eigenvalue weighted by Gasteiger charge is 2.17. The number of rotatable bonds is 3. The number of hydrogen-bond acceptors (Lipinski definition) is 2. The molecular formula is C16H13BrFNO3. The molecule has 0 aliphatic heterocycles. The van der Waals surface area contributed by atoms with E-state index in [9.17, 15) is 14.0 Å². The highest BCUT2D eigenvalue weighted by Crippen LogP contribution is 2.25. The van der Waals surface area contributed by atoms with Crippen molar-refractivity contribution in [2.75, 3.05) is 5.32 Å². The number of carboxylic acid groups (broad SMARTS) is 1. The fourth-order valence-electron chi connectivity index (χ4n) is 2.12. The third-order valence-corrected chi connectivity index (χ3v) is 3.81. The van der Waals surface area contributed by atoms with Gasteiger partial charge in [-0.2, -0.15) is 0 Å². The molecule has 0 unspecified atom stereocenters. The molecule has 0 aliphatic rings. The molecule has 1 amide bonds. The summed E-state index contributed by atoms with van der Waals surface area (Å²) in [6, 6.07) is 7.13. The number of halogens is 2. The number of aryl methyl sites for hydroxylation is 1. The summed E-state index contributed by atoms with van der Waals surface area (Å²) in [6.45, 7) is 3.34. The predicted molar refractivity (Wildman–Crippen MR) is 84.9 cm³/mol. The molecule has 0 spiro atoms. The SMILES string of the molecule is Cc1ccc(C(=O)O)c(C)c1NC(=O)c1cc(Br)ccc1F. The van der Waals surface area contributed by atoms with Crippen molar-refractivity contribution in [1.82, 2.24) is 0 Å². The number of anilines is 1. The Bertz CT molecular complexity index is 774. The van der Waals surface area contributed by atoms with Crippen LogP contribution in [0.4, 0.5) is 10.1 Å². The van der Waals surface area contributed by atoms with Crippen LogP contribution in [0.15, 0.2) is 34.8 Å². The first-order valence-electron chi connectivity index (χ1n) is 6.41. The smallest absolute Gasteiger partial charge is 0.336 e. The van der Waals surface area contributed by atoms with E-state index < -0.39 is 17.7 Å². The maximum atomic E-state index is 13.8. The molecule has 2 rings (SSSR count). The van der Waals surface area contributed by atoms with Gasteiger partial charge in [0, 0.05) is 10.2 Å². The van der Waals surface area contributed by atoms with Crippen molar-refractivity contribution < 1.29 is 19.1 Å². The van der Waals surface area contributed by atoms with Gasteiger partial charge in [0.2, 0.25) is 0 Å². The summed E-state index contributed by atoms with van der Waals surface area (Å²) in [7, 11) is 0. The lowest BCUT2D eigenvalue weighted by Crippen LogP contribution is -2.16. The number of benzene rings is 2. The number of carbonyl (C=O) groups is 2. The van der Waals surface area contributed by atoms with E-state index in [-0.39, 0.29) is 11.1 Å². The highest BCUT2D eigenvalue weighted by atomic mass is 79.9. The summed E-state index contributed by atoms with van der Waals surface area (Å²) in [5, 5.41) is 11.7. The summed E-state index contributed by atoms with van der Waals surface area (Å²) in [4.78, 5) is 23.4. The molecule has 0 bridgehead atoms. The first-order valence-corrected chi connectivity index (χ1v) is 7.20. The van der Waals surface area contributed by atoms with Crippen LogP contribution in [0.5, 0.6) is 0 Å². The topological polar surface area (TPSA) is 66.4 Å². The van der Waals surface area contributed by atoms with Crippen molar-refractivity contribution in [3.8, 4) is 0 Å². The molecule has 2 aromatic carbocycles. The van der Waals surface area contributed by atoms with Crippen molar-refractivity contribution in [2.45, 2.75) is 13.8 Å². The summed E-state index contributed by atoms with van der Waals surface area (Å²) < 4.78 is 14.3. The molecule has 0 heterocycles.